The number of nitrogens with one attached hydrogen (secondary N) is 2. The van der Waals surface area contributed by atoms with Crippen molar-refractivity contribution < 1.29 is 24.0 Å². The summed E-state index contributed by atoms with van der Waals surface area (Å²) in [5, 5.41) is 16.6. The van der Waals surface area contributed by atoms with E-state index >= 15 is 0 Å². The maximum Gasteiger partial charge on any atom is 0.410 e. The highest BCUT2D eigenvalue weighted by Gasteiger charge is 2.34. The summed E-state index contributed by atoms with van der Waals surface area (Å²) in [5.41, 5.74) is -0.689. The molecule has 3 amide bonds. The van der Waals surface area contributed by atoms with Crippen molar-refractivity contribution in [3.8, 4) is 0 Å². The van der Waals surface area contributed by atoms with E-state index in [-0.39, 0.29) is 18.0 Å². The van der Waals surface area contributed by atoms with Gasteiger partial charge in [-0.25, -0.2) is 4.79 Å². The minimum atomic E-state index is -0.954. The minimum absolute atomic E-state index is 0.0653. The van der Waals surface area contributed by atoms with Crippen LogP contribution in [0, 0.1) is 16.0 Å². The van der Waals surface area contributed by atoms with E-state index in [2.05, 4.69) is 10.6 Å². The summed E-state index contributed by atoms with van der Waals surface area (Å²) < 4.78 is 5.43. The summed E-state index contributed by atoms with van der Waals surface area (Å²) in [6, 6.07) is 4.01. The number of amides is 3. The number of likely N-dealkylation sites (N-methyl/N-ethyl adjacent to an activating group) is 1. The van der Waals surface area contributed by atoms with Gasteiger partial charge in [0.25, 0.3) is 5.69 Å². The Labute approximate surface area is 207 Å². The Bertz CT molecular complexity index is 900. The van der Waals surface area contributed by atoms with Crippen molar-refractivity contribution in [2.45, 2.75) is 91.5 Å². The maximum absolute atomic E-state index is 13.4. The normalized spacial score (nSPS) is 13.5. The van der Waals surface area contributed by atoms with Crippen LogP contribution in [0.15, 0.2) is 24.3 Å². The van der Waals surface area contributed by atoms with Gasteiger partial charge >= 0.3 is 6.09 Å². The first kappa shape index (κ1) is 29.9. The van der Waals surface area contributed by atoms with Gasteiger partial charge in [-0.15, -0.1) is 0 Å². The van der Waals surface area contributed by atoms with Gasteiger partial charge in [-0.1, -0.05) is 26.0 Å². The van der Waals surface area contributed by atoms with Crippen molar-refractivity contribution in [1.29, 1.82) is 0 Å². The van der Waals surface area contributed by atoms with Gasteiger partial charge in [0, 0.05) is 31.1 Å². The van der Waals surface area contributed by atoms with E-state index in [0.717, 1.165) is 0 Å². The van der Waals surface area contributed by atoms with Crippen LogP contribution in [0.25, 0.3) is 0 Å². The van der Waals surface area contributed by atoms with Crippen LogP contribution in [-0.2, 0) is 20.7 Å². The van der Waals surface area contributed by atoms with Crippen LogP contribution in [0.4, 0.5) is 10.5 Å². The molecule has 0 aliphatic rings. The summed E-state index contributed by atoms with van der Waals surface area (Å²) in [7, 11) is 1.50. The molecular weight excluding hydrogens is 452 g/mol. The number of hydrogen-bond donors (Lipinski definition) is 2. The van der Waals surface area contributed by atoms with Crippen LogP contribution in [0.1, 0.15) is 67.4 Å². The summed E-state index contributed by atoms with van der Waals surface area (Å²) in [4.78, 5) is 50.8. The Hall–Kier alpha value is -3.17. The molecule has 1 aromatic carbocycles. The van der Waals surface area contributed by atoms with Crippen LogP contribution >= 0.6 is 0 Å². The molecule has 0 heterocycles. The maximum atomic E-state index is 13.4. The van der Waals surface area contributed by atoms with E-state index < -0.39 is 46.1 Å². The molecular formula is C25H40N4O6. The molecule has 1 rings (SSSR count). The van der Waals surface area contributed by atoms with Crippen LogP contribution in [-0.4, -0.2) is 58.0 Å². The molecule has 0 radical (unpaired) electrons. The number of non-ortho nitro benzene ring substituents is 1. The standard InChI is InChI=1S/C25H40N4O6/c1-16(2)14-20(28(9)23(32)35-25(6,7)8)22(31)26-19(21(30)27-24(3,4)5)15-17-10-12-18(13-11-17)29(33)34/h10-13,16,19-20H,14-15H2,1-9H3,(H,26,31)(H,27,30)/t19-,20+/m0/s1. The first-order chi connectivity index (χ1) is 15.9. The molecule has 196 valence electrons. The van der Waals surface area contributed by atoms with Crippen LogP contribution < -0.4 is 10.6 Å². The predicted molar refractivity (Wildman–Crippen MR) is 134 cm³/mol. The number of rotatable bonds is 9. The van der Waals surface area contributed by atoms with Crippen LogP contribution in [0.2, 0.25) is 0 Å². The molecule has 1 aromatic rings. The number of ether oxygens (including phenoxy) is 1. The van der Waals surface area contributed by atoms with Crippen molar-refractivity contribution in [2.24, 2.45) is 5.92 Å². The zero-order chi connectivity index (χ0) is 27.1. The van der Waals surface area contributed by atoms with Crippen molar-refractivity contribution in [3.63, 3.8) is 0 Å². The van der Waals surface area contributed by atoms with Gasteiger partial charge in [0.1, 0.15) is 17.7 Å². The first-order valence-electron chi connectivity index (χ1n) is 11.7. The van der Waals surface area contributed by atoms with Crippen LogP contribution in [0.5, 0.6) is 0 Å². The number of benzene rings is 1. The average molecular weight is 493 g/mol. The summed E-state index contributed by atoms with van der Waals surface area (Å²) in [5.74, 6) is -0.789. The van der Waals surface area contributed by atoms with Gasteiger partial charge in [-0.3, -0.25) is 24.6 Å². The summed E-state index contributed by atoms with van der Waals surface area (Å²) >= 11 is 0. The Kier molecular flexibility index (Phi) is 10.2. The average Bonchev–Trinajstić information content (AvgIpc) is 2.68. The molecule has 0 fully saturated rings. The Morgan fingerprint density at radius 3 is 2.00 bits per heavy atom. The third kappa shape index (κ3) is 10.7. The molecule has 0 aromatic heterocycles. The molecule has 10 heteroatoms. The summed E-state index contributed by atoms with van der Waals surface area (Å²) in [6.07, 6.45) is -0.146. The predicted octanol–water partition coefficient (Wildman–Crippen LogP) is 3.82. The van der Waals surface area contributed by atoms with E-state index in [4.69, 9.17) is 4.74 Å². The monoisotopic (exact) mass is 492 g/mol. The molecule has 2 N–H and O–H groups in total. The second kappa shape index (κ2) is 12.0. The molecule has 0 saturated heterocycles. The van der Waals surface area contributed by atoms with Crippen molar-refractivity contribution in [2.75, 3.05) is 7.05 Å². The molecule has 0 bridgehead atoms. The Balaban J connectivity index is 3.20. The van der Waals surface area contributed by atoms with Crippen LogP contribution in [0.3, 0.4) is 0 Å². The fraction of sp³-hybridized carbons (Fsp3) is 0.640. The minimum Gasteiger partial charge on any atom is -0.444 e. The van der Waals surface area contributed by atoms with Crippen molar-refractivity contribution in [3.05, 3.63) is 39.9 Å². The molecule has 0 saturated carbocycles. The van der Waals surface area contributed by atoms with Gasteiger partial charge < -0.3 is 15.4 Å². The molecule has 35 heavy (non-hydrogen) atoms. The van der Waals surface area contributed by atoms with Gasteiger partial charge in [0.2, 0.25) is 11.8 Å². The van der Waals surface area contributed by atoms with Gasteiger partial charge in [0.15, 0.2) is 0 Å². The number of carbonyl (C=O) groups is 3. The Morgan fingerprint density at radius 1 is 1.03 bits per heavy atom. The van der Waals surface area contributed by atoms with Crippen molar-refractivity contribution >= 4 is 23.6 Å². The Morgan fingerprint density at radius 2 is 1.57 bits per heavy atom. The van der Waals surface area contributed by atoms with E-state index in [1.54, 1.807) is 32.9 Å². The molecule has 0 aliphatic carbocycles. The topological polar surface area (TPSA) is 131 Å². The van der Waals surface area contributed by atoms with E-state index in [0.29, 0.717) is 12.0 Å². The fourth-order valence-electron chi connectivity index (χ4n) is 3.27. The molecule has 0 spiro atoms. The molecule has 10 nitrogen and oxygen atoms in total. The highest BCUT2D eigenvalue weighted by Crippen LogP contribution is 2.17. The van der Waals surface area contributed by atoms with E-state index in [1.807, 2.05) is 34.6 Å². The number of hydrogen-bond acceptors (Lipinski definition) is 6. The summed E-state index contributed by atoms with van der Waals surface area (Å²) in [6.45, 7) is 14.6. The first-order valence-corrected chi connectivity index (χ1v) is 11.7. The fourth-order valence-corrected chi connectivity index (χ4v) is 3.27. The zero-order valence-corrected chi connectivity index (χ0v) is 22.3. The van der Waals surface area contributed by atoms with Crippen molar-refractivity contribution in [1.82, 2.24) is 15.5 Å². The highest BCUT2D eigenvalue weighted by molar-refractivity contribution is 5.91. The number of nitro groups is 1. The molecule has 2 atom stereocenters. The number of nitro benzene ring substituents is 1. The molecule has 0 unspecified atom stereocenters. The van der Waals surface area contributed by atoms with Gasteiger partial charge in [-0.2, -0.15) is 0 Å². The van der Waals surface area contributed by atoms with E-state index in [9.17, 15) is 24.5 Å². The van der Waals surface area contributed by atoms with Gasteiger partial charge in [-0.05, 0) is 59.4 Å². The lowest BCUT2D eigenvalue weighted by molar-refractivity contribution is -0.384. The van der Waals surface area contributed by atoms with Gasteiger partial charge in [0.05, 0.1) is 4.92 Å². The lowest BCUT2D eigenvalue weighted by Gasteiger charge is -2.32. The third-order valence-electron chi connectivity index (χ3n) is 4.86. The van der Waals surface area contributed by atoms with E-state index in [1.165, 1.54) is 24.1 Å². The lowest BCUT2D eigenvalue weighted by atomic mass is 9.99. The lowest BCUT2D eigenvalue weighted by Crippen LogP contribution is -2.57. The highest BCUT2D eigenvalue weighted by atomic mass is 16.6. The number of carbonyl (C=O) groups excluding carboxylic acids is 3. The number of nitrogens with zero attached hydrogens (tertiary/aromatic N) is 2. The second-order valence-corrected chi connectivity index (χ2v) is 11.2. The largest absolute Gasteiger partial charge is 0.444 e. The second-order valence-electron chi connectivity index (χ2n) is 11.2. The quantitative estimate of drug-likeness (QED) is 0.398. The SMILES string of the molecule is CC(C)C[C@H](C(=O)N[C@@H](Cc1ccc([N+](=O)[O-])cc1)C(=O)NC(C)(C)C)N(C)C(=O)OC(C)(C)C. The zero-order valence-electron chi connectivity index (χ0n) is 22.3. The smallest absolute Gasteiger partial charge is 0.410 e. The third-order valence-corrected chi connectivity index (χ3v) is 4.86. The molecule has 0 aliphatic heterocycles.